The number of nitrogens with zero attached hydrogens (tertiary/aromatic N) is 1. The summed E-state index contributed by atoms with van der Waals surface area (Å²) in [6.07, 6.45) is 2.70. The minimum atomic E-state index is -2.78. The summed E-state index contributed by atoms with van der Waals surface area (Å²) >= 11 is 1.08. The average Bonchev–Trinajstić information content (AvgIpc) is 1.88. The molecular formula is C6H4F2IN. The number of pyridine rings is 1. The molecule has 0 spiro atoms. The summed E-state index contributed by atoms with van der Waals surface area (Å²) in [5.41, 5.74) is -0.0110. The summed E-state index contributed by atoms with van der Waals surface area (Å²) in [5.74, 6) is 0. The first kappa shape index (κ1) is 7.84. The molecule has 0 bridgehead atoms. The zero-order chi connectivity index (χ0) is 7.61. The van der Waals surface area contributed by atoms with Crippen molar-refractivity contribution in [2.75, 3.05) is 0 Å². The molecule has 0 aliphatic carbocycles. The van der Waals surface area contributed by atoms with E-state index in [-0.39, 0.29) is 5.56 Å². The second-order valence-corrected chi connectivity index (χ2v) is 3.09. The zero-order valence-corrected chi connectivity index (χ0v) is 7.05. The van der Waals surface area contributed by atoms with Crippen LogP contribution < -0.4 is 0 Å². The molecule has 0 atom stereocenters. The number of rotatable bonds is 1. The molecule has 0 saturated carbocycles. The van der Waals surface area contributed by atoms with E-state index in [2.05, 4.69) is 4.98 Å². The molecule has 1 nitrogen and oxygen atoms in total. The van der Waals surface area contributed by atoms with Gasteiger partial charge in [0.1, 0.15) is 0 Å². The predicted molar refractivity (Wildman–Crippen MR) is 42.2 cm³/mol. The minimum Gasteiger partial charge on any atom is -0.265 e. The third-order valence-electron chi connectivity index (χ3n) is 1.01. The quantitative estimate of drug-likeness (QED) is 0.555. The molecule has 0 aliphatic rings. The van der Waals surface area contributed by atoms with Gasteiger partial charge in [-0.3, -0.25) is 4.98 Å². The van der Waals surface area contributed by atoms with Crippen molar-refractivity contribution >= 4 is 22.6 Å². The topological polar surface area (TPSA) is 12.9 Å². The van der Waals surface area contributed by atoms with Crippen LogP contribution in [0.25, 0.3) is 0 Å². The average molecular weight is 255 g/mol. The van der Waals surface area contributed by atoms with Crippen LogP contribution in [0.15, 0.2) is 24.5 Å². The van der Waals surface area contributed by atoms with E-state index in [4.69, 9.17) is 0 Å². The van der Waals surface area contributed by atoms with Crippen molar-refractivity contribution < 1.29 is 8.78 Å². The highest BCUT2D eigenvalue weighted by Gasteiger charge is 2.25. The number of alkyl halides is 3. The number of hydrogen-bond donors (Lipinski definition) is 0. The molecule has 0 unspecified atom stereocenters. The van der Waals surface area contributed by atoms with Gasteiger partial charge in [0, 0.05) is 40.5 Å². The normalized spacial score (nSPS) is 11.5. The van der Waals surface area contributed by atoms with Crippen LogP contribution in [0.2, 0.25) is 0 Å². The van der Waals surface area contributed by atoms with E-state index in [1.807, 2.05) is 0 Å². The summed E-state index contributed by atoms with van der Waals surface area (Å²) < 4.78 is 22.0. The second-order valence-electron chi connectivity index (χ2n) is 1.73. The summed E-state index contributed by atoms with van der Waals surface area (Å²) in [6, 6.07) is 2.60. The van der Waals surface area contributed by atoms with Crippen molar-refractivity contribution in [3.05, 3.63) is 30.1 Å². The maximum atomic E-state index is 12.4. The van der Waals surface area contributed by atoms with Gasteiger partial charge in [-0.2, -0.15) is 8.78 Å². The third-order valence-corrected chi connectivity index (χ3v) is 1.63. The molecule has 1 aromatic rings. The van der Waals surface area contributed by atoms with E-state index < -0.39 is 3.93 Å². The molecule has 1 heterocycles. The highest BCUT2D eigenvalue weighted by atomic mass is 127. The Morgan fingerprint density at radius 1 is 1.30 bits per heavy atom. The molecule has 0 aliphatic heterocycles. The Labute approximate surface area is 70.6 Å². The van der Waals surface area contributed by atoms with Crippen molar-refractivity contribution in [1.82, 2.24) is 4.98 Å². The fourth-order valence-corrected chi connectivity index (χ4v) is 0.900. The summed E-state index contributed by atoms with van der Waals surface area (Å²) in [6.45, 7) is 0. The van der Waals surface area contributed by atoms with Gasteiger partial charge in [0.05, 0.1) is 0 Å². The summed E-state index contributed by atoms with van der Waals surface area (Å²) in [4.78, 5) is 3.62. The first-order valence-corrected chi connectivity index (χ1v) is 3.66. The zero-order valence-electron chi connectivity index (χ0n) is 4.89. The fourth-order valence-electron chi connectivity index (χ4n) is 0.541. The molecule has 10 heavy (non-hydrogen) atoms. The van der Waals surface area contributed by atoms with E-state index in [9.17, 15) is 8.78 Å². The van der Waals surface area contributed by atoms with Gasteiger partial charge in [0.25, 0.3) is 0 Å². The van der Waals surface area contributed by atoms with Gasteiger partial charge in [-0.15, -0.1) is 0 Å². The largest absolute Gasteiger partial charge is 0.321 e. The Morgan fingerprint density at radius 2 is 1.80 bits per heavy atom. The van der Waals surface area contributed by atoms with Crippen LogP contribution in [0.3, 0.4) is 0 Å². The first-order valence-electron chi connectivity index (χ1n) is 2.58. The molecule has 0 radical (unpaired) electrons. The lowest BCUT2D eigenvalue weighted by atomic mass is 10.3. The smallest absolute Gasteiger partial charge is 0.265 e. The van der Waals surface area contributed by atoms with Crippen LogP contribution in [0.4, 0.5) is 8.78 Å². The molecular weight excluding hydrogens is 251 g/mol. The highest BCUT2D eigenvalue weighted by molar-refractivity contribution is 14.1. The summed E-state index contributed by atoms with van der Waals surface area (Å²) in [7, 11) is 0. The maximum Gasteiger partial charge on any atom is 0.321 e. The Kier molecular flexibility index (Phi) is 2.18. The molecule has 0 aromatic carbocycles. The molecule has 0 N–H and O–H groups in total. The molecule has 0 fully saturated rings. The van der Waals surface area contributed by atoms with Crippen molar-refractivity contribution in [3.63, 3.8) is 0 Å². The van der Waals surface area contributed by atoms with Gasteiger partial charge in [-0.1, -0.05) is 0 Å². The number of halogens is 3. The van der Waals surface area contributed by atoms with Crippen LogP contribution in [0.1, 0.15) is 5.56 Å². The van der Waals surface area contributed by atoms with E-state index in [1.165, 1.54) is 24.5 Å². The van der Waals surface area contributed by atoms with Crippen LogP contribution >= 0.6 is 22.6 Å². The van der Waals surface area contributed by atoms with Crippen LogP contribution in [0.5, 0.6) is 0 Å². The monoisotopic (exact) mass is 255 g/mol. The summed E-state index contributed by atoms with van der Waals surface area (Å²) in [5, 5.41) is 0. The molecule has 54 valence electrons. The first-order chi connectivity index (χ1) is 4.61. The Balaban J connectivity index is 2.97. The van der Waals surface area contributed by atoms with Gasteiger partial charge in [-0.05, 0) is 12.1 Å². The molecule has 0 saturated heterocycles. The third kappa shape index (κ3) is 1.86. The fraction of sp³-hybridized carbons (Fsp3) is 0.167. The van der Waals surface area contributed by atoms with Crippen LogP contribution in [-0.2, 0) is 3.93 Å². The maximum absolute atomic E-state index is 12.4. The lowest BCUT2D eigenvalue weighted by Gasteiger charge is -2.06. The Morgan fingerprint density at radius 3 is 2.10 bits per heavy atom. The SMILES string of the molecule is FC(F)(I)c1ccncc1. The highest BCUT2D eigenvalue weighted by Crippen LogP contribution is 2.34. The standard InChI is InChI=1S/C6H4F2IN/c7-6(8,9)5-1-3-10-4-2-5/h1-4H. The predicted octanol–water partition coefficient (Wildman–Crippen LogP) is 2.57. The number of hydrogen-bond acceptors (Lipinski definition) is 1. The van der Waals surface area contributed by atoms with Crippen molar-refractivity contribution in [3.8, 4) is 0 Å². The Hall–Kier alpha value is -0.260. The van der Waals surface area contributed by atoms with Gasteiger partial charge < -0.3 is 0 Å². The molecule has 1 rings (SSSR count). The second kappa shape index (κ2) is 2.77. The van der Waals surface area contributed by atoms with Crippen LogP contribution in [0, 0.1) is 0 Å². The van der Waals surface area contributed by atoms with Gasteiger partial charge in [-0.25, -0.2) is 0 Å². The van der Waals surface area contributed by atoms with Crippen molar-refractivity contribution in [2.24, 2.45) is 0 Å². The molecule has 0 amide bonds. The van der Waals surface area contributed by atoms with Gasteiger partial charge in [0.2, 0.25) is 0 Å². The lowest BCUT2D eigenvalue weighted by molar-refractivity contribution is 0.127. The number of aromatic nitrogens is 1. The van der Waals surface area contributed by atoms with Crippen molar-refractivity contribution in [2.45, 2.75) is 3.93 Å². The van der Waals surface area contributed by atoms with Gasteiger partial charge in [0.15, 0.2) is 0 Å². The lowest BCUT2D eigenvalue weighted by Crippen LogP contribution is -2.01. The molecule has 4 heteroatoms. The Bertz CT molecular complexity index is 207. The van der Waals surface area contributed by atoms with Gasteiger partial charge >= 0.3 is 3.93 Å². The van der Waals surface area contributed by atoms with Crippen LogP contribution in [-0.4, -0.2) is 4.98 Å². The van der Waals surface area contributed by atoms with E-state index in [0.29, 0.717) is 0 Å². The minimum absolute atomic E-state index is 0.0110. The van der Waals surface area contributed by atoms with E-state index >= 15 is 0 Å². The van der Waals surface area contributed by atoms with E-state index in [0.717, 1.165) is 22.6 Å². The molecule has 1 aromatic heterocycles. The van der Waals surface area contributed by atoms with Crippen molar-refractivity contribution in [1.29, 1.82) is 0 Å². The van der Waals surface area contributed by atoms with E-state index in [1.54, 1.807) is 0 Å².